The van der Waals surface area contributed by atoms with Gasteiger partial charge in [-0.2, -0.15) is 13.2 Å². The van der Waals surface area contributed by atoms with E-state index in [4.69, 9.17) is 0 Å². The van der Waals surface area contributed by atoms with E-state index >= 15 is 0 Å². The summed E-state index contributed by atoms with van der Waals surface area (Å²) >= 11 is 0. The number of ether oxygens (including phenoxy) is 1. The summed E-state index contributed by atoms with van der Waals surface area (Å²) in [4.78, 5) is 11.1. The molecule has 0 saturated carbocycles. The van der Waals surface area contributed by atoms with Gasteiger partial charge in [0.15, 0.2) is 5.78 Å². The largest absolute Gasteiger partial charge is 0.416 e. The van der Waals surface area contributed by atoms with E-state index in [1.54, 1.807) is 6.07 Å². The second-order valence-electron chi connectivity index (χ2n) is 3.70. The highest BCUT2D eigenvalue weighted by molar-refractivity contribution is 5.90. The van der Waals surface area contributed by atoms with Crippen molar-refractivity contribution in [2.24, 2.45) is 0 Å². The number of rotatable bonds is 5. The summed E-state index contributed by atoms with van der Waals surface area (Å²) in [5, 5.41) is 0. The molecule has 0 aromatic heterocycles. The van der Waals surface area contributed by atoms with E-state index in [1.807, 2.05) is 0 Å². The number of allylic oxidation sites excluding steroid dienone is 1. The summed E-state index contributed by atoms with van der Waals surface area (Å²) in [6, 6.07) is 5.03. The van der Waals surface area contributed by atoms with Crippen molar-refractivity contribution in [2.45, 2.75) is 12.6 Å². The average molecular weight is 258 g/mol. The number of methoxy groups -OCH3 is 1. The molecule has 1 rings (SSSR count). The van der Waals surface area contributed by atoms with Crippen LogP contribution in [0.3, 0.4) is 0 Å². The molecular weight excluding hydrogens is 245 g/mol. The summed E-state index contributed by atoms with van der Waals surface area (Å²) in [6.07, 6.45) is -1.23. The molecule has 98 valence electrons. The van der Waals surface area contributed by atoms with Crippen LogP contribution >= 0.6 is 0 Å². The normalized spacial score (nSPS) is 12.0. The van der Waals surface area contributed by atoms with E-state index in [9.17, 15) is 18.0 Å². The number of benzene rings is 1. The molecule has 1 aromatic rings. The smallest absolute Gasteiger partial charge is 0.377 e. The van der Waals surface area contributed by atoms with Gasteiger partial charge in [-0.3, -0.25) is 4.79 Å². The molecule has 0 N–H and O–H groups in total. The molecule has 0 unspecified atom stereocenters. The number of hydrogen-bond donors (Lipinski definition) is 0. The fourth-order valence-corrected chi connectivity index (χ4v) is 1.39. The van der Waals surface area contributed by atoms with E-state index in [-0.39, 0.29) is 18.8 Å². The lowest BCUT2D eigenvalue weighted by molar-refractivity contribution is -0.137. The van der Waals surface area contributed by atoms with Crippen molar-refractivity contribution in [1.82, 2.24) is 0 Å². The minimum absolute atomic E-state index is 0.0287. The minimum Gasteiger partial charge on any atom is -0.377 e. The molecule has 0 fully saturated rings. The van der Waals surface area contributed by atoms with Crippen molar-refractivity contribution in [3.05, 3.63) is 47.5 Å². The molecule has 0 radical (unpaired) electrons. The standard InChI is InChI=1S/C13H13F3O2/c1-18-9-12(17)7-3-5-10-4-2-6-11(8-10)13(14,15)16/h2-4,6-8H,5,9H2,1H3/b7-3+. The lowest BCUT2D eigenvalue weighted by Crippen LogP contribution is -2.05. The first-order valence-corrected chi connectivity index (χ1v) is 5.28. The van der Waals surface area contributed by atoms with Gasteiger partial charge < -0.3 is 4.74 Å². The molecule has 0 heterocycles. The third-order valence-corrected chi connectivity index (χ3v) is 2.20. The molecule has 0 atom stereocenters. The van der Waals surface area contributed by atoms with Crippen LogP contribution in [0.4, 0.5) is 13.2 Å². The van der Waals surface area contributed by atoms with Crippen molar-refractivity contribution in [3.8, 4) is 0 Å². The summed E-state index contributed by atoms with van der Waals surface area (Å²) in [6.45, 7) is -0.0287. The Hall–Kier alpha value is -1.62. The molecule has 0 aliphatic carbocycles. The summed E-state index contributed by atoms with van der Waals surface area (Å²) in [5.74, 6) is -0.218. The number of halogens is 3. The van der Waals surface area contributed by atoms with E-state index in [0.717, 1.165) is 12.1 Å². The van der Waals surface area contributed by atoms with Crippen LogP contribution in [0, 0.1) is 0 Å². The highest BCUT2D eigenvalue weighted by atomic mass is 19.4. The van der Waals surface area contributed by atoms with Crippen molar-refractivity contribution in [2.75, 3.05) is 13.7 Å². The molecule has 0 saturated heterocycles. The Labute approximate surface area is 103 Å². The Morgan fingerprint density at radius 3 is 2.72 bits per heavy atom. The Bertz CT molecular complexity index is 436. The van der Waals surface area contributed by atoms with Gasteiger partial charge in [0.25, 0.3) is 0 Å². The zero-order valence-electron chi connectivity index (χ0n) is 9.83. The predicted molar refractivity (Wildman–Crippen MR) is 61.2 cm³/mol. The number of carbonyl (C=O) groups is 1. The lowest BCUT2D eigenvalue weighted by Gasteiger charge is -2.07. The maximum absolute atomic E-state index is 12.4. The zero-order chi connectivity index (χ0) is 13.6. The maximum Gasteiger partial charge on any atom is 0.416 e. The number of carbonyl (C=O) groups excluding carboxylic acids is 1. The van der Waals surface area contributed by atoms with Crippen molar-refractivity contribution >= 4 is 5.78 Å². The minimum atomic E-state index is -4.34. The Kier molecular flexibility index (Phi) is 5.09. The van der Waals surface area contributed by atoms with Crippen LogP contribution in [0.2, 0.25) is 0 Å². The lowest BCUT2D eigenvalue weighted by atomic mass is 10.1. The monoisotopic (exact) mass is 258 g/mol. The Morgan fingerprint density at radius 1 is 1.39 bits per heavy atom. The Balaban J connectivity index is 2.66. The van der Waals surface area contributed by atoms with Gasteiger partial charge in [-0.1, -0.05) is 24.3 Å². The van der Waals surface area contributed by atoms with Crippen molar-refractivity contribution < 1.29 is 22.7 Å². The molecule has 5 heteroatoms. The number of ketones is 1. The van der Waals surface area contributed by atoms with Gasteiger partial charge in [0, 0.05) is 7.11 Å². The quantitative estimate of drug-likeness (QED) is 0.759. The fourth-order valence-electron chi connectivity index (χ4n) is 1.39. The average Bonchev–Trinajstić information content (AvgIpc) is 2.29. The van der Waals surface area contributed by atoms with Crippen LogP contribution in [0.1, 0.15) is 11.1 Å². The maximum atomic E-state index is 12.4. The topological polar surface area (TPSA) is 26.3 Å². The zero-order valence-corrected chi connectivity index (χ0v) is 9.83. The molecule has 18 heavy (non-hydrogen) atoms. The third-order valence-electron chi connectivity index (χ3n) is 2.20. The van der Waals surface area contributed by atoms with Crippen LogP contribution in [0.25, 0.3) is 0 Å². The van der Waals surface area contributed by atoms with Crippen molar-refractivity contribution in [3.63, 3.8) is 0 Å². The highest BCUT2D eigenvalue weighted by Gasteiger charge is 2.30. The first-order chi connectivity index (χ1) is 8.43. The summed E-state index contributed by atoms with van der Waals surface area (Å²) in [5.41, 5.74) is -0.178. The van der Waals surface area contributed by atoms with Crippen molar-refractivity contribution in [1.29, 1.82) is 0 Å². The van der Waals surface area contributed by atoms with E-state index in [2.05, 4.69) is 4.74 Å². The Morgan fingerprint density at radius 2 is 2.11 bits per heavy atom. The SMILES string of the molecule is COCC(=O)/C=C/Cc1cccc(C(F)(F)F)c1. The van der Waals surface area contributed by atoms with Gasteiger partial charge in [-0.05, 0) is 24.1 Å². The second kappa shape index (κ2) is 6.35. The summed E-state index contributed by atoms with van der Waals surface area (Å²) < 4.78 is 41.9. The van der Waals surface area contributed by atoms with Gasteiger partial charge in [0.05, 0.1) is 5.56 Å². The van der Waals surface area contributed by atoms with Crippen LogP contribution < -0.4 is 0 Å². The van der Waals surface area contributed by atoms with Gasteiger partial charge >= 0.3 is 6.18 Å². The van der Waals surface area contributed by atoms with E-state index in [0.29, 0.717) is 5.56 Å². The fraction of sp³-hybridized carbons (Fsp3) is 0.308. The molecule has 1 aromatic carbocycles. The first-order valence-electron chi connectivity index (χ1n) is 5.28. The molecule has 2 nitrogen and oxygen atoms in total. The second-order valence-corrected chi connectivity index (χ2v) is 3.70. The molecule has 0 bridgehead atoms. The van der Waals surface area contributed by atoms with E-state index < -0.39 is 11.7 Å². The number of hydrogen-bond acceptors (Lipinski definition) is 2. The van der Waals surface area contributed by atoms with Crippen LogP contribution in [-0.2, 0) is 22.1 Å². The third kappa shape index (κ3) is 4.71. The van der Waals surface area contributed by atoms with Crippen LogP contribution in [-0.4, -0.2) is 19.5 Å². The highest BCUT2D eigenvalue weighted by Crippen LogP contribution is 2.29. The van der Waals surface area contributed by atoms with E-state index in [1.165, 1.54) is 25.3 Å². The van der Waals surface area contributed by atoms with Crippen LogP contribution in [0.5, 0.6) is 0 Å². The molecule has 0 spiro atoms. The van der Waals surface area contributed by atoms with Gasteiger partial charge in [-0.25, -0.2) is 0 Å². The molecule has 0 amide bonds. The molecule has 0 aliphatic heterocycles. The van der Waals surface area contributed by atoms with Crippen LogP contribution in [0.15, 0.2) is 36.4 Å². The van der Waals surface area contributed by atoms with Gasteiger partial charge in [0.2, 0.25) is 0 Å². The number of alkyl halides is 3. The molecule has 0 aliphatic rings. The summed E-state index contributed by atoms with van der Waals surface area (Å²) in [7, 11) is 1.40. The van der Waals surface area contributed by atoms with Gasteiger partial charge in [0.1, 0.15) is 6.61 Å². The van der Waals surface area contributed by atoms with Gasteiger partial charge in [-0.15, -0.1) is 0 Å². The predicted octanol–water partition coefficient (Wildman–Crippen LogP) is 3.02. The molecular formula is C13H13F3O2. The first kappa shape index (κ1) is 14.4.